The van der Waals surface area contributed by atoms with Crippen molar-refractivity contribution in [3.05, 3.63) is 53.6 Å². The van der Waals surface area contributed by atoms with Gasteiger partial charge in [-0.05, 0) is 40.5 Å². The van der Waals surface area contributed by atoms with Crippen LogP contribution >= 0.6 is 38.9 Å². The molecule has 104 valence electrons. The van der Waals surface area contributed by atoms with E-state index in [1.165, 1.54) is 29.5 Å². The zero-order valence-electron chi connectivity index (χ0n) is 10.1. The number of halogens is 2. The van der Waals surface area contributed by atoms with E-state index in [0.29, 0.717) is 4.88 Å². The Kier molecular flexibility index (Phi) is 4.42. The lowest BCUT2D eigenvalue weighted by Gasteiger charge is -2.05. The van der Waals surface area contributed by atoms with E-state index in [1.54, 1.807) is 6.07 Å². The number of anilines is 1. The molecule has 0 aliphatic carbocycles. The minimum absolute atomic E-state index is 0.131. The number of benzene rings is 1. The predicted octanol–water partition coefficient (Wildman–Crippen LogP) is 4.63. The molecule has 20 heavy (non-hydrogen) atoms. The second-order valence-electron chi connectivity index (χ2n) is 3.94. The number of carbonyl (C=O) groups is 1. The maximum absolute atomic E-state index is 12.1. The monoisotopic (exact) mass is 374 g/mol. The van der Waals surface area contributed by atoms with Gasteiger partial charge in [0.1, 0.15) is 0 Å². The molecule has 8 heteroatoms. The highest BCUT2D eigenvalue weighted by Gasteiger charge is 2.15. The number of aryl methyl sites for hydroxylation is 1. The van der Waals surface area contributed by atoms with Crippen LogP contribution in [0.15, 0.2) is 28.1 Å². The molecule has 0 unspecified atom stereocenters. The number of thiophene rings is 1. The Bertz CT molecular complexity index is 683. The minimum atomic E-state index is -0.544. The molecule has 2 aromatic rings. The SMILES string of the molecule is Cc1cc(C(=O)Nc2cc([N+](=O)[O-])ccc2Cl)sc1Br. The number of rotatable bonds is 3. The fourth-order valence-electron chi connectivity index (χ4n) is 1.48. The van der Waals surface area contributed by atoms with Crippen LogP contribution in [-0.2, 0) is 0 Å². The van der Waals surface area contributed by atoms with Crippen molar-refractivity contribution in [1.82, 2.24) is 0 Å². The van der Waals surface area contributed by atoms with Crippen molar-refractivity contribution in [3.8, 4) is 0 Å². The Morgan fingerprint density at radius 1 is 1.45 bits per heavy atom. The third kappa shape index (κ3) is 3.17. The van der Waals surface area contributed by atoms with Gasteiger partial charge in [0.05, 0.1) is 24.3 Å². The van der Waals surface area contributed by atoms with E-state index in [4.69, 9.17) is 11.6 Å². The number of carbonyl (C=O) groups excluding carboxylic acids is 1. The van der Waals surface area contributed by atoms with Crippen LogP contribution in [0.25, 0.3) is 0 Å². The summed E-state index contributed by atoms with van der Waals surface area (Å²) >= 11 is 10.5. The van der Waals surface area contributed by atoms with Crippen molar-refractivity contribution in [3.63, 3.8) is 0 Å². The summed E-state index contributed by atoms with van der Waals surface area (Å²) in [5.74, 6) is -0.355. The van der Waals surface area contributed by atoms with Gasteiger partial charge in [-0.2, -0.15) is 0 Å². The Balaban J connectivity index is 2.27. The quantitative estimate of drug-likeness (QED) is 0.628. The van der Waals surface area contributed by atoms with Crippen molar-refractivity contribution in [2.24, 2.45) is 0 Å². The van der Waals surface area contributed by atoms with Crippen LogP contribution in [0.3, 0.4) is 0 Å². The third-order valence-electron chi connectivity index (χ3n) is 2.49. The molecular weight excluding hydrogens is 368 g/mol. The summed E-state index contributed by atoms with van der Waals surface area (Å²) in [5.41, 5.74) is 1.03. The molecule has 5 nitrogen and oxygen atoms in total. The summed E-state index contributed by atoms with van der Waals surface area (Å²) in [6.07, 6.45) is 0. The van der Waals surface area contributed by atoms with E-state index < -0.39 is 4.92 Å². The molecule has 1 heterocycles. The first-order chi connectivity index (χ1) is 9.38. The summed E-state index contributed by atoms with van der Waals surface area (Å²) in [7, 11) is 0. The van der Waals surface area contributed by atoms with Gasteiger partial charge in [0.15, 0.2) is 0 Å². The fraction of sp³-hybridized carbons (Fsp3) is 0.0833. The normalized spacial score (nSPS) is 10.3. The molecule has 0 radical (unpaired) electrons. The lowest BCUT2D eigenvalue weighted by atomic mass is 10.2. The molecule has 0 aliphatic rings. The highest BCUT2D eigenvalue weighted by molar-refractivity contribution is 9.11. The third-order valence-corrected chi connectivity index (χ3v) is 4.95. The van der Waals surface area contributed by atoms with Crippen molar-refractivity contribution < 1.29 is 9.72 Å². The summed E-state index contributed by atoms with van der Waals surface area (Å²) in [5, 5.41) is 13.5. The van der Waals surface area contributed by atoms with E-state index in [2.05, 4.69) is 21.2 Å². The van der Waals surface area contributed by atoms with Gasteiger partial charge < -0.3 is 5.32 Å². The molecule has 1 aromatic carbocycles. The smallest absolute Gasteiger partial charge is 0.271 e. The van der Waals surface area contributed by atoms with E-state index >= 15 is 0 Å². The molecule has 0 bridgehead atoms. The fourth-order valence-corrected chi connectivity index (χ4v) is 3.07. The van der Waals surface area contributed by atoms with Gasteiger partial charge in [0.2, 0.25) is 0 Å². The number of nitro benzene ring substituents is 1. The second-order valence-corrected chi connectivity index (χ2v) is 6.72. The molecule has 0 saturated carbocycles. The number of hydrogen-bond acceptors (Lipinski definition) is 4. The Morgan fingerprint density at radius 2 is 2.15 bits per heavy atom. The largest absolute Gasteiger partial charge is 0.320 e. The van der Waals surface area contributed by atoms with Gasteiger partial charge in [-0.15, -0.1) is 11.3 Å². The Labute approximate surface area is 131 Å². The molecule has 0 saturated heterocycles. The van der Waals surface area contributed by atoms with E-state index in [0.717, 1.165) is 9.35 Å². The average molecular weight is 376 g/mol. The molecular formula is C12H8BrClN2O3S. The Morgan fingerprint density at radius 3 is 2.70 bits per heavy atom. The van der Waals surface area contributed by atoms with Crippen molar-refractivity contribution >= 4 is 56.1 Å². The highest BCUT2D eigenvalue weighted by atomic mass is 79.9. The first-order valence-corrected chi connectivity index (χ1v) is 7.38. The summed E-state index contributed by atoms with van der Waals surface area (Å²) in [6, 6.07) is 5.62. The number of nitrogens with zero attached hydrogens (tertiary/aromatic N) is 1. The van der Waals surface area contributed by atoms with Gasteiger partial charge in [-0.3, -0.25) is 14.9 Å². The van der Waals surface area contributed by atoms with E-state index in [-0.39, 0.29) is 22.3 Å². The number of nitrogens with one attached hydrogen (secondary N) is 1. The predicted molar refractivity (Wildman–Crippen MR) is 82.8 cm³/mol. The van der Waals surface area contributed by atoms with Crippen LogP contribution in [0, 0.1) is 17.0 Å². The van der Waals surface area contributed by atoms with E-state index in [1.807, 2.05) is 6.92 Å². The van der Waals surface area contributed by atoms with E-state index in [9.17, 15) is 14.9 Å². The lowest BCUT2D eigenvalue weighted by molar-refractivity contribution is -0.384. The van der Waals surface area contributed by atoms with Gasteiger partial charge in [-0.1, -0.05) is 11.6 Å². The second kappa shape index (κ2) is 5.90. The molecule has 0 spiro atoms. The summed E-state index contributed by atoms with van der Waals surface area (Å²) in [4.78, 5) is 22.7. The van der Waals surface area contributed by atoms with Crippen molar-refractivity contribution in [2.75, 3.05) is 5.32 Å². The summed E-state index contributed by atoms with van der Waals surface area (Å²) < 4.78 is 0.868. The zero-order chi connectivity index (χ0) is 14.9. The molecule has 0 fully saturated rings. The van der Waals surface area contributed by atoms with Crippen LogP contribution in [0.5, 0.6) is 0 Å². The molecule has 1 N–H and O–H groups in total. The van der Waals surface area contributed by atoms with Crippen LogP contribution in [0.2, 0.25) is 5.02 Å². The number of non-ortho nitro benzene ring substituents is 1. The number of amides is 1. The van der Waals surface area contributed by atoms with Crippen LogP contribution in [-0.4, -0.2) is 10.8 Å². The summed E-state index contributed by atoms with van der Waals surface area (Å²) in [6.45, 7) is 1.87. The highest BCUT2D eigenvalue weighted by Crippen LogP contribution is 2.30. The standard InChI is InChI=1S/C12H8BrClN2O3S/c1-6-4-10(20-11(6)13)12(17)15-9-5-7(16(18)19)2-3-8(9)14/h2-5H,1H3,(H,15,17). The van der Waals surface area contributed by atoms with Gasteiger partial charge in [0, 0.05) is 12.1 Å². The Hall–Kier alpha value is -1.44. The molecule has 1 amide bonds. The zero-order valence-corrected chi connectivity index (χ0v) is 13.3. The van der Waals surface area contributed by atoms with Crippen molar-refractivity contribution in [1.29, 1.82) is 0 Å². The van der Waals surface area contributed by atoms with Crippen LogP contribution < -0.4 is 5.32 Å². The maximum Gasteiger partial charge on any atom is 0.271 e. The van der Waals surface area contributed by atoms with Gasteiger partial charge in [0.25, 0.3) is 11.6 Å². The molecule has 2 rings (SSSR count). The minimum Gasteiger partial charge on any atom is -0.320 e. The first kappa shape index (κ1) is 15.0. The number of hydrogen-bond donors (Lipinski definition) is 1. The molecule has 1 aromatic heterocycles. The average Bonchev–Trinajstić information content (AvgIpc) is 2.72. The van der Waals surface area contributed by atoms with Gasteiger partial charge in [-0.25, -0.2) is 0 Å². The van der Waals surface area contributed by atoms with Gasteiger partial charge >= 0.3 is 0 Å². The molecule has 0 aliphatic heterocycles. The lowest BCUT2D eigenvalue weighted by Crippen LogP contribution is -2.10. The van der Waals surface area contributed by atoms with Crippen LogP contribution in [0.1, 0.15) is 15.2 Å². The molecule has 0 atom stereocenters. The van der Waals surface area contributed by atoms with Crippen LogP contribution in [0.4, 0.5) is 11.4 Å². The first-order valence-electron chi connectivity index (χ1n) is 5.39. The maximum atomic E-state index is 12.1. The van der Waals surface area contributed by atoms with Crippen molar-refractivity contribution in [2.45, 2.75) is 6.92 Å². The topological polar surface area (TPSA) is 72.2 Å². The number of nitro groups is 1.